The Hall–Kier alpha value is -1.80. The van der Waals surface area contributed by atoms with Gasteiger partial charge >= 0.3 is 0 Å². The number of likely N-dealkylation sites (N-methyl/N-ethyl adjacent to an activating group) is 1. The Balaban J connectivity index is 1.74. The predicted molar refractivity (Wildman–Crippen MR) is 101 cm³/mol. The topological polar surface area (TPSA) is 79.0 Å². The van der Waals surface area contributed by atoms with Gasteiger partial charge in [-0.25, -0.2) is 8.42 Å². The van der Waals surface area contributed by atoms with Crippen LogP contribution in [0.25, 0.3) is 0 Å². The van der Waals surface area contributed by atoms with E-state index in [9.17, 15) is 13.2 Å². The number of amides is 1. The third-order valence-corrected chi connectivity index (χ3v) is 6.65. The van der Waals surface area contributed by atoms with Crippen molar-refractivity contribution in [3.05, 3.63) is 24.3 Å². The van der Waals surface area contributed by atoms with Crippen molar-refractivity contribution in [2.75, 3.05) is 37.7 Å². The Morgan fingerprint density at radius 3 is 2.58 bits per heavy atom. The van der Waals surface area contributed by atoms with E-state index in [1.54, 1.807) is 24.3 Å². The van der Waals surface area contributed by atoms with Crippen molar-refractivity contribution in [3.8, 4) is 5.75 Å². The highest BCUT2D eigenvalue weighted by atomic mass is 32.2. The summed E-state index contributed by atoms with van der Waals surface area (Å²) in [6.45, 7) is 0.524. The Kier molecular flexibility index (Phi) is 5.16. The minimum absolute atomic E-state index is 0.0172. The van der Waals surface area contributed by atoms with Gasteiger partial charge in [0, 0.05) is 12.1 Å². The van der Waals surface area contributed by atoms with Crippen LogP contribution in [0, 0.1) is 0 Å². The molecule has 1 aromatic rings. The minimum Gasteiger partial charge on any atom is -0.476 e. The number of anilines is 1. The summed E-state index contributed by atoms with van der Waals surface area (Å²) in [5.41, 5.74) is 0.443. The maximum atomic E-state index is 12.7. The SMILES string of the molecule is CN(C)C1(CNC(=O)C2CN(S(C)(=O)=O)c3ccccc3O2)CCCC1. The number of hydrogen-bond acceptors (Lipinski definition) is 5. The molecule has 1 heterocycles. The Morgan fingerprint density at radius 2 is 1.96 bits per heavy atom. The lowest BCUT2D eigenvalue weighted by molar-refractivity contribution is -0.128. The summed E-state index contributed by atoms with van der Waals surface area (Å²) in [6, 6.07) is 6.89. The molecular formula is C18H27N3O4S. The predicted octanol–water partition coefficient (Wildman–Crippen LogP) is 1.20. The highest BCUT2D eigenvalue weighted by molar-refractivity contribution is 7.92. The van der Waals surface area contributed by atoms with Crippen molar-refractivity contribution >= 4 is 21.6 Å². The van der Waals surface area contributed by atoms with Crippen LogP contribution in [0.5, 0.6) is 5.75 Å². The first-order valence-electron chi connectivity index (χ1n) is 8.91. The van der Waals surface area contributed by atoms with Crippen LogP contribution in [0.4, 0.5) is 5.69 Å². The fraction of sp³-hybridized carbons (Fsp3) is 0.611. The second-order valence-electron chi connectivity index (χ2n) is 7.41. The zero-order valence-corrected chi connectivity index (χ0v) is 16.4. The van der Waals surface area contributed by atoms with Gasteiger partial charge in [0.2, 0.25) is 10.0 Å². The van der Waals surface area contributed by atoms with Crippen molar-refractivity contribution in [2.45, 2.75) is 37.3 Å². The van der Waals surface area contributed by atoms with Crippen LogP contribution in [-0.4, -0.2) is 64.3 Å². The molecule has 2 aliphatic rings. The number of sulfonamides is 1. The molecule has 1 aromatic carbocycles. The van der Waals surface area contributed by atoms with E-state index in [2.05, 4.69) is 10.2 Å². The number of carbonyl (C=O) groups excluding carboxylic acids is 1. The van der Waals surface area contributed by atoms with E-state index >= 15 is 0 Å². The second-order valence-corrected chi connectivity index (χ2v) is 9.32. The summed E-state index contributed by atoms with van der Waals surface area (Å²) in [5, 5.41) is 2.99. The fourth-order valence-corrected chi connectivity index (χ4v) is 4.75. The Morgan fingerprint density at radius 1 is 1.31 bits per heavy atom. The number of carbonyl (C=O) groups is 1. The van der Waals surface area contributed by atoms with Crippen LogP contribution < -0.4 is 14.4 Å². The summed E-state index contributed by atoms with van der Waals surface area (Å²) in [7, 11) is 0.579. The zero-order valence-electron chi connectivity index (χ0n) is 15.6. The van der Waals surface area contributed by atoms with Crippen LogP contribution in [0.2, 0.25) is 0 Å². The molecule has 26 heavy (non-hydrogen) atoms. The zero-order chi connectivity index (χ0) is 18.9. The molecule has 1 N–H and O–H groups in total. The molecule has 0 bridgehead atoms. The molecular weight excluding hydrogens is 354 g/mol. The van der Waals surface area contributed by atoms with Crippen molar-refractivity contribution < 1.29 is 17.9 Å². The van der Waals surface area contributed by atoms with Crippen LogP contribution in [0.1, 0.15) is 25.7 Å². The first-order valence-corrected chi connectivity index (χ1v) is 10.8. The molecule has 8 heteroatoms. The molecule has 7 nitrogen and oxygen atoms in total. The van der Waals surface area contributed by atoms with E-state index < -0.39 is 16.1 Å². The first-order chi connectivity index (χ1) is 12.2. The summed E-state index contributed by atoms with van der Waals surface area (Å²) in [5.74, 6) is 0.133. The largest absolute Gasteiger partial charge is 0.476 e. The number of ether oxygens (including phenoxy) is 1. The van der Waals surface area contributed by atoms with E-state index in [0.29, 0.717) is 18.0 Å². The van der Waals surface area contributed by atoms with Crippen molar-refractivity contribution in [1.29, 1.82) is 0 Å². The molecule has 1 fully saturated rings. The van der Waals surface area contributed by atoms with E-state index in [1.165, 1.54) is 4.31 Å². The van der Waals surface area contributed by atoms with Gasteiger partial charge in [-0.1, -0.05) is 25.0 Å². The molecule has 1 unspecified atom stereocenters. The lowest BCUT2D eigenvalue weighted by Crippen LogP contribution is -2.55. The molecule has 0 aromatic heterocycles. The fourth-order valence-electron chi connectivity index (χ4n) is 3.83. The average Bonchev–Trinajstić information content (AvgIpc) is 3.08. The maximum absolute atomic E-state index is 12.7. The van der Waals surface area contributed by atoms with Gasteiger partial charge in [0.25, 0.3) is 5.91 Å². The molecule has 1 atom stereocenters. The highest BCUT2D eigenvalue weighted by Gasteiger charge is 2.39. The highest BCUT2D eigenvalue weighted by Crippen LogP contribution is 2.35. The van der Waals surface area contributed by atoms with Crippen LogP contribution in [0.15, 0.2) is 24.3 Å². The van der Waals surface area contributed by atoms with Gasteiger partial charge in [-0.3, -0.25) is 9.10 Å². The smallest absolute Gasteiger partial charge is 0.263 e. The lowest BCUT2D eigenvalue weighted by Gasteiger charge is -2.38. The minimum atomic E-state index is -3.50. The third kappa shape index (κ3) is 3.66. The average molecular weight is 381 g/mol. The second kappa shape index (κ2) is 7.08. The Bertz CT molecular complexity index is 772. The first kappa shape index (κ1) is 19.0. The van der Waals surface area contributed by atoms with Gasteiger partial charge in [-0.05, 0) is 39.1 Å². The van der Waals surface area contributed by atoms with E-state index in [1.807, 2.05) is 14.1 Å². The number of hydrogen-bond donors (Lipinski definition) is 1. The van der Waals surface area contributed by atoms with Gasteiger partial charge < -0.3 is 15.0 Å². The van der Waals surface area contributed by atoms with E-state index in [-0.39, 0.29) is 18.0 Å². The number of para-hydroxylation sites is 2. The molecule has 1 aliphatic heterocycles. The van der Waals surface area contributed by atoms with Crippen molar-refractivity contribution in [3.63, 3.8) is 0 Å². The standard InChI is InChI=1S/C18H27N3O4S/c1-20(2)18(10-6-7-11-18)13-19-17(22)16-12-21(26(3,23)24)14-8-4-5-9-15(14)25-16/h4-5,8-9,16H,6-7,10-13H2,1-3H3,(H,19,22). The molecule has 1 saturated carbocycles. The van der Waals surface area contributed by atoms with Crippen molar-refractivity contribution in [2.24, 2.45) is 0 Å². The van der Waals surface area contributed by atoms with Gasteiger partial charge in [0.15, 0.2) is 6.10 Å². The lowest BCUT2D eigenvalue weighted by atomic mass is 9.96. The monoisotopic (exact) mass is 381 g/mol. The maximum Gasteiger partial charge on any atom is 0.263 e. The van der Waals surface area contributed by atoms with Gasteiger partial charge in [0.05, 0.1) is 18.5 Å². The number of nitrogens with one attached hydrogen (secondary N) is 1. The molecule has 1 aliphatic carbocycles. The number of benzene rings is 1. The quantitative estimate of drug-likeness (QED) is 0.829. The van der Waals surface area contributed by atoms with Gasteiger partial charge in [-0.15, -0.1) is 0 Å². The van der Waals surface area contributed by atoms with Crippen LogP contribution in [0.3, 0.4) is 0 Å². The third-order valence-electron chi connectivity index (χ3n) is 5.50. The van der Waals surface area contributed by atoms with E-state index in [0.717, 1.165) is 31.9 Å². The number of rotatable bonds is 5. The molecule has 1 amide bonds. The van der Waals surface area contributed by atoms with Crippen LogP contribution >= 0.6 is 0 Å². The summed E-state index contributed by atoms with van der Waals surface area (Å²) in [4.78, 5) is 14.9. The normalized spacial score (nSPS) is 22.0. The van der Waals surface area contributed by atoms with E-state index in [4.69, 9.17) is 4.74 Å². The number of nitrogens with zero attached hydrogens (tertiary/aromatic N) is 2. The molecule has 3 rings (SSSR count). The van der Waals surface area contributed by atoms with Crippen molar-refractivity contribution in [1.82, 2.24) is 10.2 Å². The van der Waals surface area contributed by atoms with Gasteiger partial charge in [0.1, 0.15) is 5.75 Å². The summed E-state index contributed by atoms with van der Waals surface area (Å²) in [6.07, 6.45) is 4.68. The Labute approximate surface area is 155 Å². The molecule has 0 radical (unpaired) electrons. The summed E-state index contributed by atoms with van der Waals surface area (Å²) < 4.78 is 31.4. The molecule has 144 valence electrons. The molecule has 0 saturated heterocycles. The summed E-state index contributed by atoms with van der Waals surface area (Å²) >= 11 is 0. The van der Waals surface area contributed by atoms with Crippen LogP contribution in [-0.2, 0) is 14.8 Å². The number of fused-ring (bicyclic) bond motifs is 1. The van der Waals surface area contributed by atoms with Gasteiger partial charge in [-0.2, -0.15) is 0 Å². The molecule has 0 spiro atoms.